The highest BCUT2D eigenvalue weighted by molar-refractivity contribution is 6.00. The van der Waals surface area contributed by atoms with Crippen molar-refractivity contribution >= 4 is 22.8 Å². The van der Waals surface area contributed by atoms with Crippen LogP contribution in [0.5, 0.6) is 0 Å². The fraction of sp³-hybridized carbons (Fsp3) is 0.571. The highest BCUT2D eigenvalue weighted by Crippen LogP contribution is 2.42. The number of aryl methyl sites for hydroxylation is 1. The van der Waals surface area contributed by atoms with Crippen molar-refractivity contribution in [3.63, 3.8) is 0 Å². The van der Waals surface area contributed by atoms with Crippen molar-refractivity contribution in [1.29, 1.82) is 0 Å². The Balaban J connectivity index is 1.40. The maximum atomic E-state index is 13.0. The van der Waals surface area contributed by atoms with Gasteiger partial charge in [0.25, 0.3) is 0 Å². The number of hydroxylamine groups is 2. The molecule has 3 heterocycles. The van der Waals surface area contributed by atoms with Crippen molar-refractivity contribution < 1.29 is 14.4 Å². The van der Waals surface area contributed by atoms with E-state index >= 15 is 0 Å². The fourth-order valence-corrected chi connectivity index (χ4v) is 4.89. The van der Waals surface area contributed by atoms with Gasteiger partial charge in [0, 0.05) is 39.6 Å². The summed E-state index contributed by atoms with van der Waals surface area (Å²) < 4.78 is 3.19. The lowest BCUT2D eigenvalue weighted by Crippen LogP contribution is -2.47. The molecule has 0 spiro atoms. The molecule has 2 N–H and O–H groups in total. The molecule has 2 amide bonds. The number of nitrogens with zero attached hydrogens (tertiary/aromatic N) is 3. The summed E-state index contributed by atoms with van der Waals surface area (Å²) in [7, 11) is 1.75. The zero-order chi connectivity index (χ0) is 20.8. The number of carbonyl (C=O) groups is 2. The van der Waals surface area contributed by atoms with E-state index in [1.807, 2.05) is 17.2 Å². The zero-order valence-corrected chi connectivity index (χ0v) is 17.1. The van der Waals surface area contributed by atoms with Crippen LogP contribution in [-0.2, 0) is 21.5 Å². The Morgan fingerprint density at radius 2 is 1.87 bits per heavy atom. The SMILES string of the molecule is Cn1c(=O)n(C2CCC(=O)NC2=O)c2cccc(C3CC(ON4CCNCC4)C3)c21. The molecule has 160 valence electrons. The molecule has 1 aromatic carbocycles. The quantitative estimate of drug-likeness (QED) is 0.705. The summed E-state index contributed by atoms with van der Waals surface area (Å²) in [6.45, 7) is 3.71. The Kier molecular flexibility index (Phi) is 4.96. The van der Waals surface area contributed by atoms with E-state index in [0.717, 1.165) is 55.6 Å². The highest BCUT2D eigenvalue weighted by Gasteiger charge is 2.36. The predicted octanol–water partition coefficient (Wildman–Crippen LogP) is 0.401. The van der Waals surface area contributed by atoms with Gasteiger partial charge in [-0.1, -0.05) is 12.1 Å². The second-order valence-corrected chi connectivity index (χ2v) is 8.47. The van der Waals surface area contributed by atoms with Crippen LogP contribution in [0.15, 0.2) is 23.0 Å². The van der Waals surface area contributed by atoms with Gasteiger partial charge in [-0.05, 0) is 36.8 Å². The highest BCUT2D eigenvalue weighted by atomic mass is 16.7. The number of hydrogen-bond acceptors (Lipinski definition) is 6. The molecule has 1 aromatic heterocycles. The van der Waals surface area contributed by atoms with Crippen LogP contribution in [0.25, 0.3) is 11.0 Å². The molecule has 1 saturated carbocycles. The number of imide groups is 1. The molecule has 9 nitrogen and oxygen atoms in total. The lowest BCUT2D eigenvalue weighted by molar-refractivity contribution is -0.224. The number of benzene rings is 1. The molecular formula is C21H27N5O4. The molecule has 2 aliphatic heterocycles. The first-order valence-electron chi connectivity index (χ1n) is 10.7. The Morgan fingerprint density at radius 1 is 1.10 bits per heavy atom. The number of amides is 2. The maximum absolute atomic E-state index is 13.0. The minimum Gasteiger partial charge on any atom is -0.314 e. The van der Waals surface area contributed by atoms with Gasteiger partial charge >= 0.3 is 5.69 Å². The van der Waals surface area contributed by atoms with Gasteiger partial charge in [-0.2, -0.15) is 5.06 Å². The first kappa shape index (κ1) is 19.5. The lowest BCUT2D eigenvalue weighted by Gasteiger charge is -2.39. The van der Waals surface area contributed by atoms with Crippen LogP contribution in [-0.4, -0.2) is 58.3 Å². The van der Waals surface area contributed by atoms with Crippen molar-refractivity contribution in [3.05, 3.63) is 34.2 Å². The van der Waals surface area contributed by atoms with Crippen LogP contribution < -0.4 is 16.3 Å². The molecule has 0 radical (unpaired) electrons. The minimum atomic E-state index is -0.653. The zero-order valence-electron chi connectivity index (χ0n) is 17.1. The van der Waals surface area contributed by atoms with E-state index in [-0.39, 0.29) is 24.1 Å². The van der Waals surface area contributed by atoms with Gasteiger partial charge < -0.3 is 5.32 Å². The van der Waals surface area contributed by atoms with E-state index in [2.05, 4.69) is 16.7 Å². The van der Waals surface area contributed by atoms with E-state index in [0.29, 0.717) is 12.3 Å². The standard InChI is InChI=1S/C21H27N5O4/c1-24-19-15(13-11-14(12-13)30-25-9-7-22-8-10-25)3-2-4-16(19)26(21(24)29)17-5-6-18(27)23-20(17)28/h2-4,13-14,17,22H,5-12H2,1H3,(H,23,27,28). The Labute approximate surface area is 173 Å². The molecule has 1 unspecified atom stereocenters. The number of piperidine rings is 1. The number of piperazine rings is 1. The van der Waals surface area contributed by atoms with Gasteiger partial charge in [-0.3, -0.25) is 28.9 Å². The van der Waals surface area contributed by atoms with E-state index in [1.165, 1.54) is 0 Å². The van der Waals surface area contributed by atoms with Gasteiger partial charge in [0.05, 0.1) is 17.1 Å². The third-order valence-corrected chi connectivity index (χ3v) is 6.56. The van der Waals surface area contributed by atoms with Gasteiger partial charge in [0.15, 0.2) is 0 Å². The van der Waals surface area contributed by atoms with Crippen LogP contribution in [0.4, 0.5) is 0 Å². The number of carbonyl (C=O) groups excluding carboxylic acids is 2. The molecule has 2 aromatic rings. The van der Waals surface area contributed by atoms with E-state index in [4.69, 9.17) is 4.84 Å². The number of rotatable bonds is 4. The average Bonchev–Trinajstić information content (AvgIpc) is 2.96. The molecule has 1 atom stereocenters. The van der Waals surface area contributed by atoms with E-state index < -0.39 is 11.9 Å². The minimum absolute atomic E-state index is 0.206. The summed E-state index contributed by atoms with van der Waals surface area (Å²) in [5.41, 5.74) is 2.52. The first-order valence-corrected chi connectivity index (χ1v) is 10.7. The van der Waals surface area contributed by atoms with Crippen molar-refractivity contribution in [1.82, 2.24) is 24.8 Å². The molecule has 30 heavy (non-hydrogen) atoms. The van der Waals surface area contributed by atoms with Crippen LogP contribution >= 0.6 is 0 Å². The number of nitrogens with one attached hydrogen (secondary N) is 2. The number of aromatic nitrogens is 2. The van der Waals surface area contributed by atoms with Crippen molar-refractivity contribution in [2.75, 3.05) is 26.2 Å². The van der Waals surface area contributed by atoms with Crippen LogP contribution in [0.3, 0.4) is 0 Å². The van der Waals surface area contributed by atoms with Crippen molar-refractivity contribution in [3.8, 4) is 0 Å². The second kappa shape index (κ2) is 7.64. The summed E-state index contributed by atoms with van der Waals surface area (Å²) in [5.74, 6) is -0.362. The van der Waals surface area contributed by atoms with Gasteiger partial charge in [0.1, 0.15) is 6.04 Å². The summed E-state index contributed by atoms with van der Waals surface area (Å²) in [4.78, 5) is 43.1. The fourth-order valence-electron chi connectivity index (χ4n) is 4.89. The smallest absolute Gasteiger partial charge is 0.314 e. The number of imidazole rings is 1. The third kappa shape index (κ3) is 3.27. The van der Waals surface area contributed by atoms with Crippen molar-refractivity contribution in [2.45, 2.75) is 43.7 Å². The molecular weight excluding hydrogens is 386 g/mol. The maximum Gasteiger partial charge on any atom is 0.329 e. The van der Waals surface area contributed by atoms with Crippen molar-refractivity contribution in [2.24, 2.45) is 7.05 Å². The summed E-state index contributed by atoms with van der Waals surface area (Å²) in [6, 6.07) is 5.25. The van der Waals surface area contributed by atoms with Crippen LogP contribution in [0.2, 0.25) is 0 Å². The molecule has 2 saturated heterocycles. The van der Waals surface area contributed by atoms with Gasteiger partial charge in [-0.15, -0.1) is 0 Å². The van der Waals surface area contributed by atoms with Crippen LogP contribution in [0, 0.1) is 0 Å². The largest absolute Gasteiger partial charge is 0.329 e. The summed E-state index contributed by atoms with van der Waals surface area (Å²) in [5, 5.41) is 7.73. The Bertz CT molecular complexity index is 1050. The van der Waals surface area contributed by atoms with Crippen LogP contribution in [0.1, 0.15) is 43.2 Å². The number of hydrogen-bond donors (Lipinski definition) is 2. The monoisotopic (exact) mass is 413 g/mol. The lowest BCUT2D eigenvalue weighted by atomic mass is 9.77. The van der Waals surface area contributed by atoms with E-state index in [9.17, 15) is 14.4 Å². The Morgan fingerprint density at radius 3 is 2.60 bits per heavy atom. The molecule has 9 heteroatoms. The summed E-state index contributed by atoms with van der Waals surface area (Å²) in [6.07, 6.45) is 2.63. The number of fused-ring (bicyclic) bond motifs is 1. The summed E-state index contributed by atoms with van der Waals surface area (Å²) >= 11 is 0. The van der Waals surface area contributed by atoms with Gasteiger partial charge in [0.2, 0.25) is 11.8 Å². The average molecular weight is 413 g/mol. The normalized spacial score (nSPS) is 27.8. The second-order valence-electron chi connectivity index (χ2n) is 8.47. The first-order chi connectivity index (χ1) is 14.5. The topological polar surface area (TPSA) is 97.6 Å². The molecule has 0 bridgehead atoms. The van der Waals surface area contributed by atoms with Gasteiger partial charge in [-0.25, -0.2) is 4.79 Å². The third-order valence-electron chi connectivity index (χ3n) is 6.56. The van der Waals surface area contributed by atoms with E-state index in [1.54, 1.807) is 16.2 Å². The molecule has 3 aliphatic rings. The molecule has 3 fully saturated rings. The predicted molar refractivity (Wildman–Crippen MR) is 110 cm³/mol. The Hall–Kier alpha value is -2.49. The molecule has 1 aliphatic carbocycles. The number of para-hydroxylation sites is 1. The molecule has 5 rings (SSSR count).